The van der Waals surface area contributed by atoms with Crippen LogP contribution in [0.15, 0.2) is 12.1 Å². The number of ether oxygens (including phenoxy) is 1. The number of hydrogen-bond acceptors (Lipinski definition) is 3. The second-order valence-electron chi connectivity index (χ2n) is 7.03. The quantitative estimate of drug-likeness (QED) is 0.844. The Bertz CT molecular complexity index is 652. The molecule has 0 radical (unpaired) electrons. The molecule has 6 heteroatoms. The third-order valence-corrected chi connectivity index (χ3v) is 4.97. The van der Waals surface area contributed by atoms with Gasteiger partial charge in [-0.1, -0.05) is 17.7 Å². The molecule has 1 aromatic carbocycles. The molecule has 0 bridgehead atoms. The molecule has 4 nitrogen and oxygen atoms in total. The van der Waals surface area contributed by atoms with Crippen LogP contribution < -0.4 is 5.32 Å². The van der Waals surface area contributed by atoms with E-state index in [4.69, 9.17) is 4.74 Å². The number of benzene rings is 1. The predicted molar refractivity (Wildman–Crippen MR) is 90.7 cm³/mol. The minimum absolute atomic E-state index is 0.104. The first-order chi connectivity index (χ1) is 11.6. The summed E-state index contributed by atoms with van der Waals surface area (Å²) in [6.07, 6.45) is -1.02. The number of halogens is 2. The monoisotopic (exact) mass is 353 g/mol. The predicted octanol–water partition coefficient (Wildman–Crippen LogP) is 3.39. The summed E-state index contributed by atoms with van der Waals surface area (Å²) in [5.74, 6) is -3.81. The van der Waals surface area contributed by atoms with Gasteiger partial charge in [-0.25, -0.2) is 13.6 Å². The zero-order chi connectivity index (χ0) is 18.8. The Hall–Kier alpha value is -1.98. The van der Waals surface area contributed by atoms with E-state index in [2.05, 4.69) is 5.32 Å². The molecule has 0 unspecified atom stereocenters. The number of hydrogen-bond donors (Lipinski definition) is 1. The van der Waals surface area contributed by atoms with Crippen molar-refractivity contribution in [3.63, 3.8) is 0 Å². The highest BCUT2D eigenvalue weighted by Crippen LogP contribution is 2.39. The largest absolute Gasteiger partial charge is 0.467 e. The van der Waals surface area contributed by atoms with Gasteiger partial charge in [0.1, 0.15) is 5.54 Å². The highest BCUT2D eigenvalue weighted by atomic mass is 19.3. The van der Waals surface area contributed by atoms with Gasteiger partial charge in [0, 0.05) is 12.8 Å². The Morgan fingerprint density at radius 2 is 1.60 bits per heavy atom. The van der Waals surface area contributed by atoms with Gasteiger partial charge < -0.3 is 10.1 Å². The van der Waals surface area contributed by atoms with E-state index in [0.717, 1.165) is 22.3 Å². The van der Waals surface area contributed by atoms with Crippen LogP contribution in [0, 0.1) is 20.8 Å². The highest BCUT2D eigenvalue weighted by Gasteiger charge is 2.49. The molecule has 2 rings (SSSR count). The third kappa shape index (κ3) is 4.35. The van der Waals surface area contributed by atoms with E-state index >= 15 is 0 Å². The fourth-order valence-electron chi connectivity index (χ4n) is 3.58. The number of aryl methyl sites for hydroxylation is 3. The van der Waals surface area contributed by atoms with Gasteiger partial charge in [0.25, 0.3) is 0 Å². The fraction of sp³-hybridized carbons (Fsp3) is 0.579. The average Bonchev–Trinajstić information content (AvgIpc) is 2.52. The molecule has 0 saturated heterocycles. The van der Waals surface area contributed by atoms with E-state index in [1.165, 1.54) is 7.11 Å². The molecule has 1 N–H and O–H groups in total. The Balaban J connectivity index is 2.17. The first kappa shape index (κ1) is 19.3. The lowest BCUT2D eigenvalue weighted by molar-refractivity contribution is -0.156. The lowest BCUT2D eigenvalue weighted by atomic mass is 9.79. The fourth-order valence-corrected chi connectivity index (χ4v) is 3.58. The van der Waals surface area contributed by atoms with Gasteiger partial charge in [-0.3, -0.25) is 4.79 Å². The molecule has 0 heterocycles. The molecule has 1 amide bonds. The Morgan fingerprint density at radius 3 is 2.08 bits per heavy atom. The average molecular weight is 353 g/mol. The molecular formula is C19H25F2NO3. The number of methoxy groups -OCH3 is 1. The number of esters is 1. The van der Waals surface area contributed by atoms with Crippen molar-refractivity contribution in [1.29, 1.82) is 0 Å². The molecule has 0 aromatic heterocycles. The van der Waals surface area contributed by atoms with Gasteiger partial charge in [-0.2, -0.15) is 0 Å². The van der Waals surface area contributed by atoms with Gasteiger partial charge in [0.2, 0.25) is 11.8 Å². The normalized spacial score (nSPS) is 18.5. The van der Waals surface area contributed by atoms with Crippen LogP contribution in [0.3, 0.4) is 0 Å². The molecule has 1 aromatic rings. The van der Waals surface area contributed by atoms with Crippen LogP contribution in [0.25, 0.3) is 0 Å². The van der Waals surface area contributed by atoms with E-state index in [0.29, 0.717) is 0 Å². The summed E-state index contributed by atoms with van der Waals surface area (Å²) < 4.78 is 31.7. The van der Waals surface area contributed by atoms with Crippen molar-refractivity contribution in [3.05, 3.63) is 34.4 Å². The van der Waals surface area contributed by atoms with Crippen molar-refractivity contribution in [2.75, 3.05) is 7.11 Å². The van der Waals surface area contributed by atoms with E-state index in [1.54, 1.807) is 0 Å². The summed E-state index contributed by atoms with van der Waals surface area (Å²) >= 11 is 0. The van der Waals surface area contributed by atoms with Crippen LogP contribution in [-0.4, -0.2) is 30.4 Å². The molecule has 25 heavy (non-hydrogen) atoms. The first-order valence-corrected chi connectivity index (χ1v) is 8.42. The van der Waals surface area contributed by atoms with Crippen molar-refractivity contribution in [2.24, 2.45) is 0 Å². The Labute approximate surface area is 146 Å². The molecular weight excluding hydrogens is 328 g/mol. The summed E-state index contributed by atoms with van der Waals surface area (Å²) in [7, 11) is 1.21. The number of carbonyl (C=O) groups is 2. The van der Waals surface area contributed by atoms with Gasteiger partial charge >= 0.3 is 5.97 Å². The third-order valence-electron chi connectivity index (χ3n) is 4.97. The Kier molecular flexibility index (Phi) is 5.49. The van der Waals surface area contributed by atoms with Gasteiger partial charge in [-0.15, -0.1) is 0 Å². The van der Waals surface area contributed by atoms with Crippen molar-refractivity contribution in [3.8, 4) is 0 Å². The minimum Gasteiger partial charge on any atom is -0.467 e. The standard InChI is InChI=1S/C19H25F2NO3/c1-12-9-13(2)15(14(3)10-12)11-16(23)22-18(17(24)25-4)5-7-19(20,21)8-6-18/h9-10H,5-8,11H2,1-4H3,(H,22,23). The van der Waals surface area contributed by atoms with Crippen LogP contribution in [0.2, 0.25) is 0 Å². The van der Waals surface area contributed by atoms with Gasteiger partial charge in [0.05, 0.1) is 13.5 Å². The number of nitrogens with one attached hydrogen (secondary N) is 1. The summed E-state index contributed by atoms with van der Waals surface area (Å²) in [5, 5.41) is 2.69. The van der Waals surface area contributed by atoms with Crippen molar-refractivity contribution in [1.82, 2.24) is 5.32 Å². The molecule has 1 aliphatic rings. The second-order valence-corrected chi connectivity index (χ2v) is 7.03. The minimum atomic E-state index is -2.80. The van der Waals surface area contributed by atoms with Crippen molar-refractivity contribution < 1.29 is 23.1 Å². The summed E-state index contributed by atoms with van der Waals surface area (Å²) in [5.41, 5.74) is 2.63. The zero-order valence-electron chi connectivity index (χ0n) is 15.2. The van der Waals surface area contributed by atoms with E-state index in [9.17, 15) is 18.4 Å². The van der Waals surface area contributed by atoms with Gasteiger partial charge in [-0.05, 0) is 50.3 Å². The SMILES string of the molecule is COC(=O)C1(NC(=O)Cc2c(C)cc(C)cc2C)CCC(F)(F)CC1. The molecule has 1 fully saturated rings. The zero-order valence-corrected chi connectivity index (χ0v) is 15.2. The number of amides is 1. The lowest BCUT2D eigenvalue weighted by Crippen LogP contribution is -2.58. The molecule has 1 saturated carbocycles. The Morgan fingerprint density at radius 1 is 1.08 bits per heavy atom. The number of rotatable bonds is 4. The maximum absolute atomic E-state index is 13.5. The second kappa shape index (κ2) is 7.10. The number of carbonyl (C=O) groups excluding carboxylic acids is 2. The lowest BCUT2D eigenvalue weighted by Gasteiger charge is -2.38. The van der Waals surface area contributed by atoms with Crippen LogP contribution in [0.1, 0.15) is 47.9 Å². The van der Waals surface area contributed by atoms with Crippen LogP contribution in [0.4, 0.5) is 8.78 Å². The topological polar surface area (TPSA) is 55.4 Å². The van der Waals surface area contributed by atoms with Crippen molar-refractivity contribution in [2.45, 2.75) is 64.3 Å². The van der Waals surface area contributed by atoms with Crippen molar-refractivity contribution >= 4 is 11.9 Å². The summed E-state index contributed by atoms with van der Waals surface area (Å²) in [4.78, 5) is 24.7. The highest BCUT2D eigenvalue weighted by molar-refractivity contribution is 5.89. The summed E-state index contributed by atoms with van der Waals surface area (Å²) in [6, 6.07) is 3.99. The maximum Gasteiger partial charge on any atom is 0.331 e. The molecule has 0 spiro atoms. The van der Waals surface area contributed by atoms with Crippen LogP contribution >= 0.6 is 0 Å². The van der Waals surface area contributed by atoms with E-state index < -0.39 is 30.3 Å². The molecule has 0 aliphatic heterocycles. The van der Waals surface area contributed by atoms with Crippen LogP contribution in [-0.2, 0) is 20.7 Å². The summed E-state index contributed by atoms with van der Waals surface area (Å²) in [6.45, 7) is 5.85. The smallest absolute Gasteiger partial charge is 0.331 e. The van der Waals surface area contributed by atoms with Crippen LogP contribution in [0.5, 0.6) is 0 Å². The number of alkyl halides is 2. The maximum atomic E-state index is 13.5. The van der Waals surface area contributed by atoms with Gasteiger partial charge in [0.15, 0.2) is 0 Å². The first-order valence-electron chi connectivity index (χ1n) is 8.42. The molecule has 0 atom stereocenters. The van der Waals surface area contributed by atoms with E-state index in [-0.39, 0.29) is 25.2 Å². The molecule has 138 valence electrons. The van der Waals surface area contributed by atoms with E-state index in [1.807, 2.05) is 32.9 Å². The molecule has 1 aliphatic carbocycles.